The van der Waals surface area contributed by atoms with Gasteiger partial charge in [0.25, 0.3) is 0 Å². The predicted octanol–water partition coefficient (Wildman–Crippen LogP) is 2.77. The first kappa shape index (κ1) is 11.9. The number of oxime groups is 1. The summed E-state index contributed by atoms with van der Waals surface area (Å²) in [5.41, 5.74) is 1.25. The van der Waals surface area contributed by atoms with Gasteiger partial charge >= 0.3 is 0 Å². The molecule has 1 saturated heterocycles. The number of nitrogens with zero attached hydrogens (tertiary/aromatic N) is 1. The van der Waals surface area contributed by atoms with Crippen molar-refractivity contribution in [2.45, 2.75) is 32.0 Å². The molecule has 4 heteroatoms. The Labute approximate surface area is 101 Å². The van der Waals surface area contributed by atoms with Crippen LogP contribution in [0.4, 0.5) is 0 Å². The monoisotopic (exact) mass is 235 g/mol. The lowest BCUT2D eigenvalue weighted by Gasteiger charge is -2.19. The van der Waals surface area contributed by atoms with Crippen molar-refractivity contribution in [3.05, 3.63) is 29.8 Å². The van der Waals surface area contributed by atoms with Gasteiger partial charge in [-0.3, -0.25) is 0 Å². The summed E-state index contributed by atoms with van der Waals surface area (Å²) in [7, 11) is 1.64. The van der Waals surface area contributed by atoms with E-state index in [0.29, 0.717) is 12.1 Å². The molecule has 4 nitrogen and oxygen atoms in total. The van der Waals surface area contributed by atoms with Crippen LogP contribution >= 0.6 is 0 Å². The average Bonchev–Trinajstić information content (AvgIpc) is 2.64. The molecule has 0 unspecified atom stereocenters. The second-order valence-corrected chi connectivity index (χ2v) is 4.64. The molecule has 1 heterocycles. The molecule has 2 rings (SSSR count). The Hall–Kier alpha value is -1.55. The number of methoxy groups -OCH3 is 1. The minimum Gasteiger partial charge on any atom is -0.497 e. The third kappa shape index (κ3) is 2.26. The van der Waals surface area contributed by atoms with Crippen LogP contribution in [0.3, 0.4) is 0 Å². The standard InChI is InChI=1S/C13H17NO3/c1-13(2)12(14-15)8-11(17-13)9-4-6-10(16-3)7-5-9/h4-7,11,15H,8H2,1-3H3/b14-12-/t11-/m0/s1. The first-order valence-electron chi connectivity index (χ1n) is 5.60. The molecule has 17 heavy (non-hydrogen) atoms. The SMILES string of the molecule is COc1ccc([C@@H]2C/C(=N/O)C(C)(C)O2)cc1. The third-order valence-electron chi connectivity index (χ3n) is 3.12. The Morgan fingerprint density at radius 1 is 1.35 bits per heavy atom. The number of rotatable bonds is 2. The van der Waals surface area contributed by atoms with Crippen LogP contribution in [0.1, 0.15) is 31.9 Å². The van der Waals surface area contributed by atoms with Gasteiger partial charge in [-0.05, 0) is 31.5 Å². The van der Waals surface area contributed by atoms with E-state index < -0.39 is 5.60 Å². The summed E-state index contributed by atoms with van der Waals surface area (Å²) in [4.78, 5) is 0. The summed E-state index contributed by atoms with van der Waals surface area (Å²) in [6, 6.07) is 7.75. The van der Waals surface area contributed by atoms with E-state index >= 15 is 0 Å². The molecule has 0 amide bonds. The van der Waals surface area contributed by atoms with Gasteiger partial charge in [0.1, 0.15) is 11.4 Å². The predicted molar refractivity (Wildman–Crippen MR) is 64.7 cm³/mol. The lowest BCUT2D eigenvalue weighted by molar-refractivity contribution is 0.00317. The van der Waals surface area contributed by atoms with Crippen LogP contribution in [0.25, 0.3) is 0 Å². The molecular formula is C13H17NO3. The van der Waals surface area contributed by atoms with E-state index in [2.05, 4.69) is 5.16 Å². The minimum absolute atomic E-state index is 0.0539. The molecule has 1 fully saturated rings. The highest BCUT2D eigenvalue weighted by Gasteiger charge is 2.39. The first-order valence-corrected chi connectivity index (χ1v) is 5.60. The highest BCUT2D eigenvalue weighted by molar-refractivity contribution is 5.93. The van der Waals surface area contributed by atoms with Gasteiger partial charge < -0.3 is 14.7 Å². The molecule has 0 aliphatic carbocycles. The van der Waals surface area contributed by atoms with Crippen molar-refractivity contribution >= 4 is 5.71 Å². The first-order chi connectivity index (χ1) is 8.06. The minimum atomic E-state index is -0.501. The van der Waals surface area contributed by atoms with Gasteiger partial charge in [0, 0.05) is 6.42 Å². The molecule has 1 N–H and O–H groups in total. The van der Waals surface area contributed by atoms with E-state index in [0.717, 1.165) is 11.3 Å². The van der Waals surface area contributed by atoms with Crippen molar-refractivity contribution in [2.75, 3.05) is 7.11 Å². The van der Waals surface area contributed by atoms with E-state index in [1.165, 1.54) is 0 Å². The van der Waals surface area contributed by atoms with Gasteiger partial charge in [-0.2, -0.15) is 0 Å². The zero-order valence-electron chi connectivity index (χ0n) is 10.3. The Balaban J connectivity index is 2.19. The van der Waals surface area contributed by atoms with Crippen molar-refractivity contribution in [2.24, 2.45) is 5.16 Å². The lowest BCUT2D eigenvalue weighted by atomic mass is 10.00. The van der Waals surface area contributed by atoms with E-state index in [4.69, 9.17) is 14.7 Å². The molecule has 0 bridgehead atoms. The van der Waals surface area contributed by atoms with Crippen LogP contribution < -0.4 is 4.74 Å². The molecule has 92 valence electrons. The fourth-order valence-electron chi connectivity index (χ4n) is 2.05. The Kier molecular flexibility index (Phi) is 3.07. The van der Waals surface area contributed by atoms with E-state index in [1.807, 2.05) is 38.1 Å². The molecule has 1 atom stereocenters. The van der Waals surface area contributed by atoms with Gasteiger partial charge in [-0.1, -0.05) is 17.3 Å². The van der Waals surface area contributed by atoms with Crippen molar-refractivity contribution in [1.82, 2.24) is 0 Å². The van der Waals surface area contributed by atoms with Crippen LogP contribution in [0, 0.1) is 0 Å². The highest BCUT2D eigenvalue weighted by atomic mass is 16.5. The van der Waals surface area contributed by atoms with Gasteiger partial charge in [-0.15, -0.1) is 0 Å². The largest absolute Gasteiger partial charge is 0.497 e. The molecule has 0 radical (unpaired) electrons. The molecule has 1 aliphatic rings. The average molecular weight is 235 g/mol. The Morgan fingerprint density at radius 2 is 2.00 bits per heavy atom. The highest BCUT2D eigenvalue weighted by Crippen LogP contribution is 2.37. The lowest BCUT2D eigenvalue weighted by Crippen LogP contribution is -2.27. The molecule has 0 saturated carbocycles. The van der Waals surface area contributed by atoms with Crippen LogP contribution in [0.5, 0.6) is 5.75 Å². The van der Waals surface area contributed by atoms with Crippen molar-refractivity contribution in [1.29, 1.82) is 0 Å². The topological polar surface area (TPSA) is 51.0 Å². The van der Waals surface area contributed by atoms with Gasteiger partial charge in [0.2, 0.25) is 0 Å². The second kappa shape index (κ2) is 4.37. The number of hydrogen-bond acceptors (Lipinski definition) is 4. The van der Waals surface area contributed by atoms with Crippen LogP contribution in [-0.2, 0) is 4.74 Å². The van der Waals surface area contributed by atoms with Crippen LogP contribution in [-0.4, -0.2) is 23.6 Å². The fourth-order valence-corrected chi connectivity index (χ4v) is 2.05. The van der Waals surface area contributed by atoms with E-state index in [1.54, 1.807) is 7.11 Å². The summed E-state index contributed by atoms with van der Waals surface area (Å²) >= 11 is 0. The molecule has 0 spiro atoms. The maximum Gasteiger partial charge on any atom is 0.118 e. The summed E-state index contributed by atoms with van der Waals surface area (Å²) < 4.78 is 11.0. The summed E-state index contributed by atoms with van der Waals surface area (Å²) in [5, 5.41) is 12.3. The third-order valence-corrected chi connectivity index (χ3v) is 3.12. The smallest absolute Gasteiger partial charge is 0.118 e. The summed E-state index contributed by atoms with van der Waals surface area (Å²) in [6.07, 6.45) is 0.567. The normalized spacial score (nSPS) is 25.1. The Morgan fingerprint density at radius 3 is 2.47 bits per heavy atom. The second-order valence-electron chi connectivity index (χ2n) is 4.64. The summed E-state index contributed by atoms with van der Waals surface area (Å²) in [5.74, 6) is 0.821. The molecule has 1 aromatic rings. The van der Waals surface area contributed by atoms with Gasteiger partial charge in [-0.25, -0.2) is 0 Å². The molecule has 1 aliphatic heterocycles. The maximum absolute atomic E-state index is 8.94. The van der Waals surface area contributed by atoms with Crippen molar-refractivity contribution < 1.29 is 14.7 Å². The quantitative estimate of drug-likeness (QED) is 0.633. The zero-order valence-corrected chi connectivity index (χ0v) is 10.3. The Bertz CT molecular complexity index is 423. The van der Waals surface area contributed by atoms with Crippen molar-refractivity contribution in [3.8, 4) is 5.75 Å². The van der Waals surface area contributed by atoms with Gasteiger partial charge in [0.15, 0.2) is 0 Å². The van der Waals surface area contributed by atoms with Gasteiger partial charge in [0.05, 0.1) is 18.9 Å². The summed E-state index contributed by atoms with van der Waals surface area (Å²) in [6.45, 7) is 3.82. The van der Waals surface area contributed by atoms with E-state index in [9.17, 15) is 0 Å². The number of benzene rings is 1. The van der Waals surface area contributed by atoms with E-state index in [-0.39, 0.29) is 6.10 Å². The van der Waals surface area contributed by atoms with Crippen LogP contribution in [0.2, 0.25) is 0 Å². The number of ether oxygens (including phenoxy) is 2. The molecular weight excluding hydrogens is 218 g/mol. The van der Waals surface area contributed by atoms with Crippen molar-refractivity contribution in [3.63, 3.8) is 0 Å². The maximum atomic E-state index is 8.94. The fraction of sp³-hybridized carbons (Fsp3) is 0.462. The zero-order chi connectivity index (χ0) is 12.5. The van der Waals surface area contributed by atoms with Crippen LogP contribution in [0.15, 0.2) is 29.4 Å². The molecule has 1 aromatic carbocycles. The number of hydrogen-bond donors (Lipinski definition) is 1. The molecule has 0 aromatic heterocycles.